The molecule has 0 unspecified atom stereocenters. The number of hydrogen-bond donors (Lipinski definition) is 0. The molecule has 0 aromatic heterocycles. The minimum absolute atomic E-state index is 0.0353. The van der Waals surface area contributed by atoms with E-state index in [0.29, 0.717) is 23.4 Å². The third kappa shape index (κ3) is 3.21. The van der Waals surface area contributed by atoms with Crippen molar-refractivity contribution in [3.05, 3.63) is 23.8 Å². The highest BCUT2D eigenvalue weighted by molar-refractivity contribution is 6.03. The lowest BCUT2D eigenvalue weighted by Gasteiger charge is -2.28. The van der Waals surface area contributed by atoms with Crippen molar-refractivity contribution < 1.29 is 23.9 Å². The van der Waals surface area contributed by atoms with Gasteiger partial charge in [-0.05, 0) is 25.1 Å². The van der Waals surface area contributed by atoms with Crippen LogP contribution in [-0.2, 0) is 14.3 Å². The second kappa shape index (κ2) is 6.39. The Morgan fingerprint density at radius 2 is 2.10 bits per heavy atom. The van der Waals surface area contributed by atoms with Crippen LogP contribution in [-0.4, -0.2) is 37.4 Å². The molecular formula is C15H17NO5. The van der Waals surface area contributed by atoms with Gasteiger partial charge in [0.1, 0.15) is 12.3 Å². The minimum atomic E-state index is -0.495. The molecule has 0 saturated heterocycles. The van der Waals surface area contributed by atoms with Crippen molar-refractivity contribution in [1.29, 1.82) is 0 Å². The van der Waals surface area contributed by atoms with E-state index in [1.165, 1.54) is 4.90 Å². The maximum Gasteiger partial charge on any atom is 0.326 e. The second-order valence-electron chi connectivity index (χ2n) is 4.53. The number of Topliss-reactive ketones (excluding diaryl/α,β-unsaturated/α-hetero) is 1. The second-order valence-corrected chi connectivity index (χ2v) is 4.53. The highest BCUT2D eigenvalue weighted by Gasteiger charge is 2.28. The summed E-state index contributed by atoms with van der Waals surface area (Å²) in [5.74, 6) is -0.388. The van der Waals surface area contributed by atoms with Crippen LogP contribution in [0.1, 0.15) is 30.6 Å². The molecule has 0 radical (unpaired) electrons. The minimum Gasteiger partial charge on any atom is -0.482 e. The molecule has 0 bridgehead atoms. The van der Waals surface area contributed by atoms with Gasteiger partial charge in [-0.1, -0.05) is 6.92 Å². The molecular weight excluding hydrogens is 274 g/mol. The van der Waals surface area contributed by atoms with Crippen LogP contribution in [0.15, 0.2) is 18.2 Å². The first-order valence-electron chi connectivity index (χ1n) is 6.82. The van der Waals surface area contributed by atoms with Gasteiger partial charge in [0, 0.05) is 12.0 Å². The van der Waals surface area contributed by atoms with Crippen molar-refractivity contribution >= 4 is 23.3 Å². The lowest BCUT2D eigenvalue weighted by atomic mass is 10.1. The van der Waals surface area contributed by atoms with E-state index in [1.807, 2.05) is 0 Å². The molecule has 1 aromatic rings. The van der Waals surface area contributed by atoms with Crippen molar-refractivity contribution in [2.45, 2.75) is 20.3 Å². The number of fused-ring (bicyclic) bond motifs is 1. The van der Waals surface area contributed by atoms with Gasteiger partial charge in [0.15, 0.2) is 12.4 Å². The number of anilines is 1. The zero-order valence-electron chi connectivity index (χ0n) is 12.0. The summed E-state index contributed by atoms with van der Waals surface area (Å²) in [7, 11) is 0. The lowest BCUT2D eigenvalue weighted by Crippen LogP contribution is -2.42. The normalized spacial score (nSPS) is 13.4. The van der Waals surface area contributed by atoms with Crippen LogP contribution < -0.4 is 9.64 Å². The Balaban J connectivity index is 2.33. The van der Waals surface area contributed by atoms with Crippen molar-refractivity contribution in [2.24, 2.45) is 0 Å². The van der Waals surface area contributed by atoms with E-state index in [-0.39, 0.29) is 31.4 Å². The van der Waals surface area contributed by atoms with E-state index in [4.69, 9.17) is 9.47 Å². The smallest absolute Gasteiger partial charge is 0.326 e. The van der Waals surface area contributed by atoms with E-state index in [1.54, 1.807) is 32.0 Å². The van der Waals surface area contributed by atoms with E-state index in [9.17, 15) is 14.4 Å². The Kier molecular flexibility index (Phi) is 4.57. The van der Waals surface area contributed by atoms with Crippen LogP contribution in [0.2, 0.25) is 0 Å². The molecule has 0 spiro atoms. The number of nitrogens with zero attached hydrogens (tertiary/aromatic N) is 1. The van der Waals surface area contributed by atoms with Crippen LogP contribution in [0.3, 0.4) is 0 Å². The summed E-state index contributed by atoms with van der Waals surface area (Å²) in [5.41, 5.74) is 0.919. The molecule has 0 atom stereocenters. The largest absolute Gasteiger partial charge is 0.482 e. The zero-order chi connectivity index (χ0) is 15.4. The Morgan fingerprint density at radius 1 is 1.33 bits per heavy atom. The fourth-order valence-corrected chi connectivity index (χ4v) is 2.09. The quantitative estimate of drug-likeness (QED) is 0.608. The van der Waals surface area contributed by atoms with Crippen LogP contribution >= 0.6 is 0 Å². The molecule has 0 saturated carbocycles. The first kappa shape index (κ1) is 15.0. The number of ketones is 1. The summed E-state index contributed by atoms with van der Waals surface area (Å²) >= 11 is 0. The van der Waals surface area contributed by atoms with Gasteiger partial charge < -0.3 is 9.47 Å². The molecule has 21 heavy (non-hydrogen) atoms. The van der Waals surface area contributed by atoms with Crippen molar-refractivity contribution in [3.63, 3.8) is 0 Å². The molecule has 2 rings (SSSR count). The Hall–Kier alpha value is -2.37. The van der Waals surface area contributed by atoms with Gasteiger partial charge in [-0.3, -0.25) is 19.3 Å². The van der Waals surface area contributed by atoms with Crippen LogP contribution in [0.5, 0.6) is 5.75 Å². The topological polar surface area (TPSA) is 72.9 Å². The first-order valence-corrected chi connectivity index (χ1v) is 6.82. The Bertz CT molecular complexity index is 581. The third-order valence-corrected chi connectivity index (χ3v) is 3.14. The molecule has 0 fully saturated rings. The van der Waals surface area contributed by atoms with Crippen molar-refractivity contribution in [3.8, 4) is 5.75 Å². The number of rotatable bonds is 5. The number of carbonyl (C=O) groups is 3. The van der Waals surface area contributed by atoms with E-state index in [2.05, 4.69) is 0 Å². The molecule has 1 aliphatic rings. The number of carbonyl (C=O) groups excluding carboxylic acids is 3. The fraction of sp³-hybridized carbons (Fsp3) is 0.400. The zero-order valence-corrected chi connectivity index (χ0v) is 12.0. The SMILES string of the molecule is CCOC(=O)CN1C(=O)COc2ccc(C(=O)CC)cc21. The highest BCUT2D eigenvalue weighted by atomic mass is 16.5. The van der Waals surface area contributed by atoms with Gasteiger partial charge >= 0.3 is 5.97 Å². The molecule has 1 aromatic carbocycles. The summed E-state index contributed by atoms with van der Waals surface area (Å²) in [4.78, 5) is 36.6. The highest BCUT2D eigenvalue weighted by Crippen LogP contribution is 2.33. The van der Waals surface area contributed by atoms with Gasteiger partial charge in [-0.25, -0.2) is 0 Å². The Morgan fingerprint density at radius 3 is 2.76 bits per heavy atom. The fourth-order valence-electron chi connectivity index (χ4n) is 2.09. The number of hydrogen-bond acceptors (Lipinski definition) is 5. The molecule has 0 N–H and O–H groups in total. The van der Waals surface area contributed by atoms with Gasteiger partial charge in [0.25, 0.3) is 5.91 Å². The number of ether oxygens (including phenoxy) is 2. The number of benzene rings is 1. The van der Waals surface area contributed by atoms with Gasteiger partial charge in [0.05, 0.1) is 12.3 Å². The molecule has 1 amide bonds. The summed E-state index contributed by atoms with van der Waals surface area (Å²) in [6, 6.07) is 4.88. The van der Waals surface area contributed by atoms with E-state index in [0.717, 1.165) is 0 Å². The summed E-state index contributed by atoms with van der Waals surface area (Å²) in [5, 5.41) is 0. The van der Waals surface area contributed by atoms with Crippen LogP contribution in [0.4, 0.5) is 5.69 Å². The van der Waals surface area contributed by atoms with Gasteiger partial charge in [-0.15, -0.1) is 0 Å². The van der Waals surface area contributed by atoms with E-state index >= 15 is 0 Å². The molecule has 6 nitrogen and oxygen atoms in total. The Labute approximate surface area is 122 Å². The molecule has 1 heterocycles. The molecule has 0 aliphatic carbocycles. The molecule has 6 heteroatoms. The average Bonchev–Trinajstić information content (AvgIpc) is 2.49. The predicted octanol–water partition coefficient (Wildman–Crippen LogP) is 1.57. The van der Waals surface area contributed by atoms with E-state index < -0.39 is 5.97 Å². The average molecular weight is 291 g/mol. The van der Waals surface area contributed by atoms with Gasteiger partial charge in [0.2, 0.25) is 0 Å². The number of esters is 1. The number of amides is 1. The van der Waals surface area contributed by atoms with Crippen molar-refractivity contribution in [2.75, 3.05) is 24.7 Å². The monoisotopic (exact) mass is 291 g/mol. The summed E-state index contributed by atoms with van der Waals surface area (Å²) in [6.45, 7) is 3.39. The lowest BCUT2D eigenvalue weighted by molar-refractivity contribution is -0.142. The summed E-state index contributed by atoms with van der Waals surface area (Å²) < 4.78 is 10.2. The van der Waals surface area contributed by atoms with Gasteiger partial charge in [-0.2, -0.15) is 0 Å². The molecule has 1 aliphatic heterocycles. The third-order valence-electron chi connectivity index (χ3n) is 3.14. The summed E-state index contributed by atoms with van der Waals surface area (Å²) in [6.07, 6.45) is 0.367. The maximum atomic E-state index is 12.0. The maximum absolute atomic E-state index is 12.0. The van der Waals surface area contributed by atoms with Crippen LogP contribution in [0, 0.1) is 0 Å². The first-order chi connectivity index (χ1) is 10.1. The van der Waals surface area contributed by atoms with Crippen molar-refractivity contribution in [1.82, 2.24) is 0 Å². The predicted molar refractivity (Wildman–Crippen MR) is 75.5 cm³/mol. The standard InChI is InChI=1S/C15H17NO5/c1-3-12(17)10-5-6-13-11(7-10)16(14(18)9-21-13)8-15(19)20-4-2/h5-7H,3-4,8-9H2,1-2H3. The molecule has 112 valence electrons. The van der Waals surface area contributed by atoms with Crippen LogP contribution in [0.25, 0.3) is 0 Å².